The summed E-state index contributed by atoms with van der Waals surface area (Å²) in [5, 5.41) is 0.563. The standard InChI is InChI=1S/C12H12F4O2.C12H13F3O2.C9H13NO4/c1-5-6(13)8(15)9(16)10(7(5)14)18-11(17)12(2,3)4;1-6-5-7(13)9(15)10(8(6)14)17-11(16)12(2,3)4;1-9(2,3)8(13)14-10-6(11)4-5-7(10)12/h1-4H3;5H,1-4H3;4-5H2,1-3H3. The molecule has 9 nitrogen and oxygen atoms in total. The van der Waals surface area contributed by atoms with Gasteiger partial charge in [-0.15, -0.1) is 5.06 Å². The summed E-state index contributed by atoms with van der Waals surface area (Å²) in [4.78, 5) is 61.1. The first kappa shape index (κ1) is 42.5. The number of hydrogen-bond acceptors (Lipinski definition) is 8. The highest BCUT2D eigenvalue weighted by atomic mass is 19.2. The number of ether oxygens (including phenoxy) is 2. The molecule has 16 heteroatoms. The molecule has 0 bridgehead atoms. The number of nitrogens with zero attached hydrogens (tertiary/aromatic N) is 1. The van der Waals surface area contributed by atoms with Crippen LogP contribution < -0.4 is 9.47 Å². The van der Waals surface area contributed by atoms with E-state index in [0.717, 1.165) is 6.92 Å². The van der Waals surface area contributed by atoms with Crippen LogP contribution in [0, 0.1) is 70.8 Å². The number of carbonyl (C=O) groups excluding carboxylic acids is 5. The monoisotopic (exact) mass is 709 g/mol. The SMILES string of the molecule is CC(C)(C)C(=O)ON1C(=O)CCC1=O.Cc1c(F)c(F)c(F)c(OC(=O)C(C)(C)C)c1F.Cc1cc(F)c(F)c(OC(=O)C(C)(C)C)c1F. The van der Waals surface area contributed by atoms with Gasteiger partial charge < -0.3 is 14.3 Å². The Labute approximate surface area is 278 Å². The Hall–Kier alpha value is -4.50. The average molecular weight is 710 g/mol. The smallest absolute Gasteiger partial charge is 0.338 e. The van der Waals surface area contributed by atoms with Crippen LogP contribution in [-0.2, 0) is 28.8 Å². The molecule has 0 unspecified atom stereocenters. The number of amides is 2. The van der Waals surface area contributed by atoms with Gasteiger partial charge in [0.25, 0.3) is 11.8 Å². The maximum absolute atomic E-state index is 13.5. The molecule has 0 aromatic heterocycles. The molecule has 0 atom stereocenters. The molecule has 2 aromatic rings. The van der Waals surface area contributed by atoms with Crippen molar-refractivity contribution in [3.8, 4) is 11.5 Å². The van der Waals surface area contributed by atoms with Crippen molar-refractivity contribution in [2.75, 3.05) is 0 Å². The predicted octanol–water partition coefficient (Wildman–Crippen LogP) is 7.51. The zero-order valence-corrected chi connectivity index (χ0v) is 28.9. The number of carbonyl (C=O) groups is 5. The van der Waals surface area contributed by atoms with Gasteiger partial charge in [-0.1, -0.05) is 0 Å². The molecule has 49 heavy (non-hydrogen) atoms. The van der Waals surface area contributed by atoms with Gasteiger partial charge >= 0.3 is 17.9 Å². The summed E-state index contributed by atoms with van der Waals surface area (Å²) in [6.07, 6.45) is 0.243. The molecular formula is C33H38F7NO8. The Balaban J connectivity index is 0.000000370. The van der Waals surface area contributed by atoms with Crippen molar-refractivity contribution >= 4 is 29.7 Å². The van der Waals surface area contributed by atoms with E-state index in [1.165, 1.54) is 48.5 Å². The summed E-state index contributed by atoms with van der Waals surface area (Å²) < 4.78 is 102. The summed E-state index contributed by atoms with van der Waals surface area (Å²) in [6.45, 7) is 16.1. The molecule has 1 saturated heterocycles. The van der Waals surface area contributed by atoms with Crippen LogP contribution in [0.15, 0.2) is 6.07 Å². The van der Waals surface area contributed by atoms with Gasteiger partial charge in [-0.25, -0.2) is 26.7 Å². The number of halogens is 7. The predicted molar refractivity (Wildman–Crippen MR) is 159 cm³/mol. The third-order valence-corrected chi connectivity index (χ3v) is 6.15. The first-order valence-corrected chi connectivity index (χ1v) is 14.5. The minimum Gasteiger partial charge on any atom is -0.420 e. The van der Waals surface area contributed by atoms with E-state index in [1.807, 2.05) is 0 Å². The zero-order chi connectivity index (χ0) is 38.6. The molecular weight excluding hydrogens is 671 g/mol. The van der Waals surface area contributed by atoms with Crippen molar-refractivity contribution < 1.29 is 69.0 Å². The average Bonchev–Trinajstić information content (AvgIpc) is 3.29. The fraction of sp³-hybridized carbons (Fsp3) is 0.485. The molecule has 0 spiro atoms. The highest BCUT2D eigenvalue weighted by Gasteiger charge is 2.36. The molecule has 2 amide bonds. The number of rotatable bonds is 3. The summed E-state index contributed by atoms with van der Waals surface area (Å²) >= 11 is 0. The lowest BCUT2D eigenvalue weighted by molar-refractivity contribution is -0.203. The summed E-state index contributed by atoms with van der Waals surface area (Å²) in [5.41, 5.74) is -3.55. The van der Waals surface area contributed by atoms with Crippen LogP contribution in [0.2, 0.25) is 0 Å². The van der Waals surface area contributed by atoms with E-state index in [4.69, 9.17) is 4.84 Å². The van der Waals surface area contributed by atoms with Crippen molar-refractivity contribution in [1.82, 2.24) is 5.06 Å². The number of esters is 2. The molecule has 2 aromatic carbocycles. The highest BCUT2D eigenvalue weighted by molar-refractivity contribution is 6.01. The number of benzene rings is 2. The largest absolute Gasteiger partial charge is 0.420 e. The lowest BCUT2D eigenvalue weighted by Crippen LogP contribution is -2.36. The molecule has 0 saturated carbocycles. The molecule has 0 N–H and O–H groups in total. The van der Waals surface area contributed by atoms with Crippen LogP contribution in [0.1, 0.15) is 86.3 Å². The van der Waals surface area contributed by atoms with E-state index < -0.39 is 104 Å². The maximum Gasteiger partial charge on any atom is 0.338 e. The van der Waals surface area contributed by atoms with Crippen molar-refractivity contribution in [2.45, 2.75) is 89.0 Å². The first-order valence-electron chi connectivity index (χ1n) is 14.5. The molecule has 1 aliphatic rings. The highest BCUT2D eigenvalue weighted by Crippen LogP contribution is 2.32. The van der Waals surface area contributed by atoms with Gasteiger partial charge in [0.1, 0.15) is 0 Å². The van der Waals surface area contributed by atoms with Gasteiger partial charge in [0.05, 0.1) is 16.2 Å². The van der Waals surface area contributed by atoms with Crippen molar-refractivity contribution in [3.05, 3.63) is 57.9 Å². The van der Waals surface area contributed by atoms with Crippen LogP contribution in [0.25, 0.3) is 0 Å². The zero-order valence-electron chi connectivity index (χ0n) is 28.9. The minimum atomic E-state index is -1.87. The van der Waals surface area contributed by atoms with Gasteiger partial charge in [-0.2, -0.15) is 8.78 Å². The lowest BCUT2D eigenvalue weighted by atomic mass is 9.97. The number of hydroxylamine groups is 2. The number of imide groups is 1. The van der Waals surface area contributed by atoms with Crippen molar-refractivity contribution in [2.24, 2.45) is 16.2 Å². The second-order valence-corrected chi connectivity index (χ2v) is 13.8. The molecule has 1 fully saturated rings. The topological polar surface area (TPSA) is 116 Å². The second kappa shape index (κ2) is 15.8. The van der Waals surface area contributed by atoms with Gasteiger partial charge in [-0.05, 0) is 87.8 Å². The van der Waals surface area contributed by atoms with Crippen molar-refractivity contribution in [3.63, 3.8) is 0 Å². The van der Waals surface area contributed by atoms with Gasteiger partial charge in [0.2, 0.25) is 23.1 Å². The Kier molecular flexibility index (Phi) is 13.7. The van der Waals surface area contributed by atoms with Crippen LogP contribution in [0.5, 0.6) is 11.5 Å². The van der Waals surface area contributed by atoms with E-state index in [2.05, 4.69) is 9.47 Å². The van der Waals surface area contributed by atoms with Crippen LogP contribution in [-0.4, -0.2) is 34.8 Å². The molecule has 1 aliphatic heterocycles. The Morgan fingerprint density at radius 3 is 1.35 bits per heavy atom. The third kappa shape index (κ3) is 11.0. The van der Waals surface area contributed by atoms with Gasteiger partial charge in [-0.3, -0.25) is 19.2 Å². The van der Waals surface area contributed by atoms with E-state index >= 15 is 0 Å². The lowest BCUT2D eigenvalue weighted by Gasteiger charge is -2.19. The fourth-order valence-corrected chi connectivity index (χ4v) is 2.97. The van der Waals surface area contributed by atoms with Crippen molar-refractivity contribution in [1.29, 1.82) is 0 Å². The van der Waals surface area contributed by atoms with E-state index in [9.17, 15) is 54.7 Å². The molecule has 0 radical (unpaired) electrons. The van der Waals surface area contributed by atoms with Gasteiger partial charge in [0, 0.05) is 18.4 Å². The Morgan fingerprint density at radius 2 is 0.959 bits per heavy atom. The summed E-state index contributed by atoms with van der Waals surface area (Å²) in [6, 6.07) is 0.707. The fourth-order valence-electron chi connectivity index (χ4n) is 2.97. The summed E-state index contributed by atoms with van der Waals surface area (Å²) in [7, 11) is 0. The molecule has 0 aliphatic carbocycles. The van der Waals surface area contributed by atoms with Crippen LogP contribution >= 0.6 is 0 Å². The third-order valence-electron chi connectivity index (χ3n) is 6.15. The molecule has 272 valence electrons. The van der Waals surface area contributed by atoms with E-state index in [1.54, 1.807) is 20.8 Å². The number of hydrogen-bond donors (Lipinski definition) is 0. The van der Waals surface area contributed by atoms with E-state index in [0.29, 0.717) is 11.1 Å². The maximum atomic E-state index is 13.5. The van der Waals surface area contributed by atoms with Crippen LogP contribution in [0.3, 0.4) is 0 Å². The molecule has 3 rings (SSSR count). The Morgan fingerprint density at radius 1 is 0.571 bits per heavy atom. The molecule has 1 heterocycles. The summed E-state index contributed by atoms with van der Waals surface area (Å²) in [5.74, 6) is -16.1. The number of aryl methyl sites for hydroxylation is 1. The quantitative estimate of drug-likeness (QED) is 0.0804. The van der Waals surface area contributed by atoms with E-state index in [-0.39, 0.29) is 18.4 Å². The normalized spacial score (nSPS) is 13.2. The Bertz CT molecular complexity index is 1570. The minimum absolute atomic E-state index is 0.121. The first-order chi connectivity index (χ1) is 22.0. The van der Waals surface area contributed by atoms with Gasteiger partial charge in [0.15, 0.2) is 29.1 Å². The second-order valence-electron chi connectivity index (χ2n) is 13.8. The van der Waals surface area contributed by atoms with Crippen LogP contribution in [0.4, 0.5) is 30.7 Å².